The Morgan fingerprint density at radius 3 is 2.64 bits per heavy atom. The Morgan fingerprint density at radius 2 is 2.18 bits per heavy atom. The van der Waals surface area contributed by atoms with Crippen LogP contribution in [0, 0.1) is 0 Å². The summed E-state index contributed by atoms with van der Waals surface area (Å²) in [5.74, 6) is 0. The van der Waals surface area contributed by atoms with E-state index in [0.717, 1.165) is 12.8 Å². The smallest absolute Gasteiger partial charge is 0.121 e. The summed E-state index contributed by atoms with van der Waals surface area (Å²) in [5.41, 5.74) is 2.76. The third-order valence-electron chi connectivity index (χ3n) is 2.18. The van der Waals surface area contributed by atoms with Gasteiger partial charge in [0.1, 0.15) is 6.10 Å². The van der Waals surface area contributed by atoms with Gasteiger partial charge in [-0.15, -0.1) is 0 Å². The summed E-state index contributed by atoms with van der Waals surface area (Å²) >= 11 is 0. The number of hydrogen-bond acceptors (Lipinski definition) is 5. The van der Waals surface area contributed by atoms with Gasteiger partial charge in [-0.1, -0.05) is 5.57 Å². The predicted octanol–water partition coefficient (Wildman–Crippen LogP) is 1.13. The fourth-order valence-corrected chi connectivity index (χ4v) is 1.45. The molecule has 1 unspecified atom stereocenters. The molecule has 1 N–H and O–H groups in total. The molecule has 0 aromatic carbocycles. The third-order valence-corrected chi connectivity index (χ3v) is 2.18. The molecule has 5 nitrogen and oxygen atoms in total. The molecular formula is C6H8O5. The summed E-state index contributed by atoms with van der Waals surface area (Å²) in [6.45, 7) is 0. The van der Waals surface area contributed by atoms with Crippen LogP contribution in [-0.4, -0.2) is 11.4 Å². The van der Waals surface area contributed by atoms with E-state index in [4.69, 9.17) is 5.26 Å². The summed E-state index contributed by atoms with van der Waals surface area (Å²) in [6.07, 6.45) is 3.19. The normalized spacial score (nSPS) is 27.5. The molecule has 5 heteroatoms. The minimum Gasteiger partial charge on any atom is -0.219 e. The molecule has 0 aromatic rings. The second kappa shape index (κ2) is 2.88. The van der Waals surface area contributed by atoms with Crippen molar-refractivity contribution in [2.45, 2.75) is 25.4 Å². The first-order valence-corrected chi connectivity index (χ1v) is 3.43. The first-order chi connectivity index (χ1) is 5.42. The van der Waals surface area contributed by atoms with E-state index in [9.17, 15) is 0 Å². The SMILES string of the molecule is OOOOOC1CC2=C1CC2. The van der Waals surface area contributed by atoms with Crippen molar-refractivity contribution in [2.75, 3.05) is 0 Å². The number of rotatable bonds is 4. The van der Waals surface area contributed by atoms with E-state index in [-0.39, 0.29) is 6.10 Å². The number of hydrogen-bond donors (Lipinski definition) is 1. The van der Waals surface area contributed by atoms with Gasteiger partial charge in [-0.2, -0.15) is 4.89 Å². The Bertz CT molecular complexity index is 187. The van der Waals surface area contributed by atoms with Gasteiger partial charge in [0.25, 0.3) is 0 Å². The molecule has 0 amide bonds. The van der Waals surface area contributed by atoms with Gasteiger partial charge in [0.05, 0.1) is 0 Å². The Hall–Kier alpha value is -0.460. The van der Waals surface area contributed by atoms with Gasteiger partial charge >= 0.3 is 0 Å². The summed E-state index contributed by atoms with van der Waals surface area (Å²) in [5, 5.41) is 18.5. The zero-order valence-corrected chi connectivity index (χ0v) is 5.78. The quantitative estimate of drug-likeness (QED) is 0.289. The molecule has 11 heavy (non-hydrogen) atoms. The highest BCUT2D eigenvalue weighted by molar-refractivity contribution is 5.38. The van der Waals surface area contributed by atoms with Crippen molar-refractivity contribution in [1.29, 1.82) is 0 Å². The van der Waals surface area contributed by atoms with Crippen molar-refractivity contribution in [3.8, 4) is 0 Å². The second-order valence-electron chi connectivity index (χ2n) is 2.63. The molecule has 0 aromatic heterocycles. The van der Waals surface area contributed by atoms with Crippen LogP contribution in [0.3, 0.4) is 0 Å². The lowest BCUT2D eigenvalue weighted by atomic mass is 9.71. The van der Waals surface area contributed by atoms with Crippen LogP contribution in [0.25, 0.3) is 0 Å². The summed E-state index contributed by atoms with van der Waals surface area (Å²) in [4.78, 5) is 4.69. The lowest BCUT2D eigenvalue weighted by molar-refractivity contribution is -0.706. The predicted molar refractivity (Wildman–Crippen MR) is 31.6 cm³/mol. The van der Waals surface area contributed by atoms with Crippen LogP contribution in [0.1, 0.15) is 19.3 Å². The van der Waals surface area contributed by atoms with Crippen molar-refractivity contribution in [3.63, 3.8) is 0 Å². The van der Waals surface area contributed by atoms with Gasteiger partial charge in [-0.25, -0.2) is 5.26 Å². The van der Waals surface area contributed by atoms with Crippen molar-refractivity contribution in [1.82, 2.24) is 0 Å². The van der Waals surface area contributed by atoms with Crippen LogP contribution in [-0.2, 0) is 20.0 Å². The average molecular weight is 160 g/mol. The van der Waals surface area contributed by atoms with E-state index >= 15 is 0 Å². The molecule has 0 saturated carbocycles. The topological polar surface area (TPSA) is 57.2 Å². The molecule has 0 bridgehead atoms. The van der Waals surface area contributed by atoms with E-state index < -0.39 is 0 Å². The molecular weight excluding hydrogens is 152 g/mol. The molecule has 0 radical (unpaired) electrons. The van der Waals surface area contributed by atoms with Crippen LogP contribution in [0.15, 0.2) is 11.1 Å². The Labute approximate surface area is 62.8 Å². The highest BCUT2D eigenvalue weighted by Crippen LogP contribution is 2.45. The zero-order valence-electron chi connectivity index (χ0n) is 5.78. The molecule has 0 spiro atoms. The molecule has 2 aliphatic carbocycles. The maximum atomic E-state index is 7.66. The van der Waals surface area contributed by atoms with E-state index in [1.54, 1.807) is 0 Å². The van der Waals surface area contributed by atoms with Crippen molar-refractivity contribution < 1.29 is 25.3 Å². The lowest BCUT2D eigenvalue weighted by Gasteiger charge is -2.38. The van der Waals surface area contributed by atoms with E-state index in [1.807, 2.05) is 0 Å². The standard InChI is InChI=1S/C6H8O5/c7-9-11-10-8-6-3-4-1-2-5(4)6/h6-7H,1-3H2. The minimum absolute atomic E-state index is 0.00824. The molecule has 0 heterocycles. The van der Waals surface area contributed by atoms with Crippen molar-refractivity contribution in [2.24, 2.45) is 0 Å². The van der Waals surface area contributed by atoms with Crippen molar-refractivity contribution in [3.05, 3.63) is 11.1 Å². The van der Waals surface area contributed by atoms with Gasteiger partial charge in [-0.05, 0) is 33.5 Å². The van der Waals surface area contributed by atoms with Gasteiger partial charge in [0.2, 0.25) is 0 Å². The fourth-order valence-electron chi connectivity index (χ4n) is 1.45. The van der Waals surface area contributed by atoms with Gasteiger partial charge in [0, 0.05) is 6.42 Å². The second-order valence-corrected chi connectivity index (χ2v) is 2.63. The largest absolute Gasteiger partial charge is 0.219 e. The van der Waals surface area contributed by atoms with Crippen LogP contribution < -0.4 is 0 Å². The molecule has 1 atom stereocenters. The minimum atomic E-state index is 0.00824. The van der Waals surface area contributed by atoms with E-state index in [2.05, 4.69) is 20.0 Å². The maximum absolute atomic E-state index is 7.66. The van der Waals surface area contributed by atoms with Gasteiger partial charge < -0.3 is 0 Å². The zero-order chi connectivity index (χ0) is 7.68. The highest BCUT2D eigenvalue weighted by Gasteiger charge is 2.37. The molecule has 0 saturated heterocycles. The van der Waals surface area contributed by atoms with Gasteiger partial charge in [-0.3, -0.25) is 0 Å². The monoisotopic (exact) mass is 160 g/mol. The summed E-state index contributed by atoms with van der Waals surface area (Å²) in [7, 11) is 0. The van der Waals surface area contributed by atoms with E-state index in [0.29, 0.717) is 0 Å². The van der Waals surface area contributed by atoms with Gasteiger partial charge in [0.15, 0.2) is 0 Å². The molecule has 2 aliphatic rings. The first-order valence-electron chi connectivity index (χ1n) is 3.43. The van der Waals surface area contributed by atoms with Crippen LogP contribution in [0.5, 0.6) is 0 Å². The maximum Gasteiger partial charge on any atom is 0.121 e. The third kappa shape index (κ3) is 1.17. The van der Waals surface area contributed by atoms with Crippen LogP contribution >= 0.6 is 0 Å². The Balaban J connectivity index is 1.67. The lowest BCUT2D eigenvalue weighted by Crippen LogP contribution is -2.33. The Morgan fingerprint density at radius 1 is 1.27 bits per heavy atom. The summed E-state index contributed by atoms with van der Waals surface area (Å²) in [6, 6.07) is 0. The molecule has 62 valence electrons. The van der Waals surface area contributed by atoms with Crippen LogP contribution in [0.2, 0.25) is 0 Å². The highest BCUT2D eigenvalue weighted by atomic mass is 17.8. The van der Waals surface area contributed by atoms with Crippen LogP contribution in [0.4, 0.5) is 0 Å². The van der Waals surface area contributed by atoms with E-state index in [1.165, 1.54) is 17.6 Å². The fraction of sp³-hybridized carbons (Fsp3) is 0.667. The summed E-state index contributed by atoms with van der Waals surface area (Å²) < 4.78 is 0. The van der Waals surface area contributed by atoms with Crippen molar-refractivity contribution >= 4 is 0 Å². The molecule has 0 aliphatic heterocycles. The molecule has 0 fully saturated rings. The molecule has 2 rings (SSSR count). The average Bonchev–Trinajstić information content (AvgIpc) is 1.98. The Kier molecular flexibility index (Phi) is 1.89. The first kappa shape index (κ1) is 7.20.